The van der Waals surface area contributed by atoms with Crippen molar-refractivity contribution in [2.24, 2.45) is 0 Å². The molecule has 2 rings (SSSR count). The fourth-order valence-corrected chi connectivity index (χ4v) is 2.24. The van der Waals surface area contributed by atoms with Crippen LogP contribution in [-0.2, 0) is 0 Å². The summed E-state index contributed by atoms with van der Waals surface area (Å²) in [5, 5.41) is 11.1. The third-order valence-corrected chi connectivity index (χ3v) is 3.34. The molecule has 0 saturated heterocycles. The monoisotopic (exact) mass is 308 g/mol. The maximum Gasteiger partial charge on any atom is 0.119 e. The molecule has 0 bridgehead atoms. The average Bonchev–Trinajstić information content (AvgIpc) is 2.38. The lowest BCUT2D eigenvalue weighted by Crippen LogP contribution is -1.97. The molecular formula is C15H17BrO2. The second-order valence-corrected chi connectivity index (χ2v) is 5.20. The van der Waals surface area contributed by atoms with Gasteiger partial charge in [0.25, 0.3) is 0 Å². The Hall–Kier alpha value is -1.06. The molecule has 2 nitrogen and oxygen atoms in total. The van der Waals surface area contributed by atoms with Crippen molar-refractivity contribution in [3.63, 3.8) is 0 Å². The topological polar surface area (TPSA) is 29.5 Å². The Balaban J connectivity index is 1.95. The highest BCUT2D eigenvalue weighted by molar-refractivity contribution is 9.10. The van der Waals surface area contributed by atoms with E-state index in [1.807, 2.05) is 12.1 Å². The molecule has 0 aromatic heterocycles. The molecule has 2 aromatic rings. The predicted molar refractivity (Wildman–Crippen MR) is 78.1 cm³/mol. The first-order valence-electron chi connectivity index (χ1n) is 6.22. The lowest BCUT2D eigenvalue weighted by atomic mass is 10.1. The highest BCUT2D eigenvalue weighted by Gasteiger charge is 1.98. The van der Waals surface area contributed by atoms with Gasteiger partial charge in [-0.05, 0) is 54.3 Å². The standard InChI is InChI=1S/C15H17BrO2/c16-14-6-4-13-11-15(7-5-12(13)10-14)18-9-3-1-2-8-17/h4-7,10-11,17H,1-3,8-9H2. The molecule has 0 aliphatic carbocycles. The number of ether oxygens (including phenoxy) is 1. The van der Waals surface area contributed by atoms with Gasteiger partial charge in [-0.3, -0.25) is 0 Å². The largest absolute Gasteiger partial charge is 0.494 e. The van der Waals surface area contributed by atoms with E-state index in [2.05, 4.69) is 40.2 Å². The van der Waals surface area contributed by atoms with Crippen LogP contribution in [0.4, 0.5) is 0 Å². The fourth-order valence-electron chi connectivity index (χ4n) is 1.87. The van der Waals surface area contributed by atoms with Gasteiger partial charge in [0.15, 0.2) is 0 Å². The molecular weight excluding hydrogens is 292 g/mol. The number of benzene rings is 2. The van der Waals surface area contributed by atoms with Crippen LogP contribution in [0.2, 0.25) is 0 Å². The van der Waals surface area contributed by atoms with E-state index in [4.69, 9.17) is 9.84 Å². The molecule has 0 heterocycles. The number of hydrogen-bond acceptors (Lipinski definition) is 2. The highest BCUT2D eigenvalue weighted by atomic mass is 79.9. The molecule has 0 radical (unpaired) electrons. The number of rotatable bonds is 6. The first kappa shape index (κ1) is 13.4. The third kappa shape index (κ3) is 3.72. The predicted octanol–water partition coefficient (Wildman–Crippen LogP) is 4.14. The van der Waals surface area contributed by atoms with Crippen LogP contribution < -0.4 is 4.74 Å². The van der Waals surface area contributed by atoms with Gasteiger partial charge in [-0.25, -0.2) is 0 Å². The summed E-state index contributed by atoms with van der Waals surface area (Å²) in [6, 6.07) is 12.4. The van der Waals surface area contributed by atoms with Crippen molar-refractivity contribution >= 4 is 26.7 Å². The fraction of sp³-hybridized carbons (Fsp3) is 0.333. The maximum atomic E-state index is 8.68. The molecule has 2 aromatic carbocycles. The summed E-state index contributed by atoms with van der Waals surface area (Å²) < 4.78 is 6.79. The van der Waals surface area contributed by atoms with E-state index in [1.165, 1.54) is 10.8 Å². The molecule has 0 amide bonds. The van der Waals surface area contributed by atoms with Gasteiger partial charge in [0.1, 0.15) is 5.75 Å². The normalized spacial score (nSPS) is 10.8. The molecule has 1 N–H and O–H groups in total. The van der Waals surface area contributed by atoms with E-state index in [-0.39, 0.29) is 6.61 Å². The van der Waals surface area contributed by atoms with Crippen molar-refractivity contribution in [1.29, 1.82) is 0 Å². The first-order valence-corrected chi connectivity index (χ1v) is 7.02. The molecule has 18 heavy (non-hydrogen) atoms. The second kappa shape index (κ2) is 6.76. The van der Waals surface area contributed by atoms with Crippen LogP contribution >= 0.6 is 15.9 Å². The molecule has 0 saturated carbocycles. The van der Waals surface area contributed by atoms with Crippen molar-refractivity contribution in [3.8, 4) is 5.75 Å². The number of halogens is 1. The SMILES string of the molecule is OCCCCCOc1ccc2cc(Br)ccc2c1. The number of unbranched alkanes of at least 4 members (excludes halogenated alkanes) is 2. The van der Waals surface area contributed by atoms with Crippen LogP contribution in [0.25, 0.3) is 10.8 Å². The van der Waals surface area contributed by atoms with Gasteiger partial charge in [0.05, 0.1) is 6.61 Å². The Kier molecular flexibility index (Phi) is 5.02. The van der Waals surface area contributed by atoms with Gasteiger partial charge >= 0.3 is 0 Å². The zero-order valence-electron chi connectivity index (χ0n) is 10.2. The molecule has 3 heteroatoms. The van der Waals surface area contributed by atoms with E-state index < -0.39 is 0 Å². The van der Waals surface area contributed by atoms with Gasteiger partial charge in [0, 0.05) is 11.1 Å². The lowest BCUT2D eigenvalue weighted by molar-refractivity contribution is 0.266. The molecule has 0 unspecified atom stereocenters. The minimum Gasteiger partial charge on any atom is -0.494 e. The van der Waals surface area contributed by atoms with Crippen LogP contribution in [0, 0.1) is 0 Å². The summed E-state index contributed by atoms with van der Waals surface area (Å²) >= 11 is 3.47. The van der Waals surface area contributed by atoms with E-state index in [1.54, 1.807) is 0 Å². The average molecular weight is 309 g/mol. The summed E-state index contributed by atoms with van der Waals surface area (Å²) in [5.41, 5.74) is 0. The summed E-state index contributed by atoms with van der Waals surface area (Å²) in [6.07, 6.45) is 2.85. The summed E-state index contributed by atoms with van der Waals surface area (Å²) in [7, 11) is 0. The van der Waals surface area contributed by atoms with Crippen LogP contribution in [-0.4, -0.2) is 18.3 Å². The Morgan fingerprint density at radius 1 is 0.944 bits per heavy atom. The van der Waals surface area contributed by atoms with Crippen LogP contribution in [0.1, 0.15) is 19.3 Å². The van der Waals surface area contributed by atoms with Crippen molar-refractivity contribution in [2.75, 3.05) is 13.2 Å². The second-order valence-electron chi connectivity index (χ2n) is 4.29. The summed E-state index contributed by atoms with van der Waals surface area (Å²) in [5.74, 6) is 0.911. The minimum absolute atomic E-state index is 0.269. The molecule has 0 aliphatic rings. The van der Waals surface area contributed by atoms with Gasteiger partial charge in [0.2, 0.25) is 0 Å². The van der Waals surface area contributed by atoms with Crippen molar-refractivity contribution in [2.45, 2.75) is 19.3 Å². The van der Waals surface area contributed by atoms with E-state index >= 15 is 0 Å². The number of fused-ring (bicyclic) bond motifs is 1. The first-order chi connectivity index (χ1) is 8.79. The number of aliphatic hydroxyl groups excluding tert-OH is 1. The molecule has 96 valence electrons. The van der Waals surface area contributed by atoms with Gasteiger partial charge in [-0.15, -0.1) is 0 Å². The smallest absolute Gasteiger partial charge is 0.119 e. The molecule has 0 fully saturated rings. The summed E-state index contributed by atoms with van der Waals surface area (Å²) in [4.78, 5) is 0. The van der Waals surface area contributed by atoms with Crippen molar-refractivity contribution in [3.05, 3.63) is 40.9 Å². The Morgan fingerprint density at radius 3 is 2.56 bits per heavy atom. The highest BCUT2D eigenvalue weighted by Crippen LogP contribution is 2.24. The number of hydrogen-bond donors (Lipinski definition) is 1. The van der Waals surface area contributed by atoms with Crippen LogP contribution in [0.5, 0.6) is 5.75 Å². The number of aliphatic hydroxyl groups is 1. The van der Waals surface area contributed by atoms with E-state index in [9.17, 15) is 0 Å². The maximum absolute atomic E-state index is 8.68. The molecule has 0 spiro atoms. The zero-order chi connectivity index (χ0) is 12.8. The van der Waals surface area contributed by atoms with Crippen LogP contribution in [0.3, 0.4) is 0 Å². The minimum atomic E-state index is 0.269. The molecule has 0 aliphatic heterocycles. The van der Waals surface area contributed by atoms with Gasteiger partial charge < -0.3 is 9.84 Å². The zero-order valence-corrected chi connectivity index (χ0v) is 11.8. The Morgan fingerprint density at radius 2 is 1.72 bits per heavy atom. The Bertz CT molecular complexity index is 511. The lowest BCUT2D eigenvalue weighted by Gasteiger charge is -2.07. The third-order valence-electron chi connectivity index (χ3n) is 2.84. The quantitative estimate of drug-likeness (QED) is 0.813. The van der Waals surface area contributed by atoms with Crippen molar-refractivity contribution < 1.29 is 9.84 Å². The van der Waals surface area contributed by atoms with Gasteiger partial charge in [-0.1, -0.05) is 28.1 Å². The van der Waals surface area contributed by atoms with E-state index in [0.717, 1.165) is 29.5 Å². The summed E-state index contributed by atoms with van der Waals surface area (Å²) in [6.45, 7) is 0.979. The van der Waals surface area contributed by atoms with E-state index in [0.29, 0.717) is 6.61 Å². The van der Waals surface area contributed by atoms with Crippen molar-refractivity contribution in [1.82, 2.24) is 0 Å². The van der Waals surface area contributed by atoms with Crippen LogP contribution in [0.15, 0.2) is 40.9 Å². The Labute approximate surface area is 116 Å². The van der Waals surface area contributed by atoms with Gasteiger partial charge in [-0.2, -0.15) is 0 Å². The molecule has 0 atom stereocenters.